The summed E-state index contributed by atoms with van der Waals surface area (Å²) in [5.74, 6) is 1.40. The Bertz CT molecular complexity index is 902. The molecule has 146 valence electrons. The monoisotopic (exact) mass is 396 g/mol. The number of aromatic nitrogens is 1. The Morgan fingerprint density at radius 1 is 1.14 bits per heavy atom. The van der Waals surface area contributed by atoms with Gasteiger partial charge in [0.15, 0.2) is 5.76 Å². The Balaban J connectivity index is 1.51. The van der Waals surface area contributed by atoms with Crippen LogP contribution in [0.5, 0.6) is 5.75 Å². The topological polar surface area (TPSA) is 64.4 Å². The first-order valence-electron chi connectivity index (χ1n) is 9.16. The maximum Gasteiger partial charge on any atom is 0.224 e. The van der Waals surface area contributed by atoms with Gasteiger partial charge in [0, 0.05) is 21.8 Å². The van der Waals surface area contributed by atoms with Crippen molar-refractivity contribution in [2.75, 3.05) is 7.11 Å². The Labute approximate surface area is 169 Å². The highest BCUT2D eigenvalue weighted by molar-refractivity contribution is 7.99. The third kappa shape index (κ3) is 5.63. The van der Waals surface area contributed by atoms with Crippen molar-refractivity contribution in [1.82, 2.24) is 10.5 Å². The van der Waals surface area contributed by atoms with E-state index in [9.17, 15) is 4.79 Å². The summed E-state index contributed by atoms with van der Waals surface area (Å²) in [6.07, 6.45) is 0.343. The molecule has 1 aromatic heterocycles. The zero-order valence-corrected chi connectivity index (χ0v) is 17.1. The van der Waals surface area contributed by atoms with E-state index in [1.165, 1.54) is 4.90 Å². The number of hydrogen-bond donors (Lipinski definition) is 1. The van der Waals surface area contributed by atoms with Gasteiger partial charge in [-0.05, 0) is 42.0 Å². The second-order valence-corrected chi connectivity index (χ2v) is 8.32. The second-order valence-electron chi connectivity index (χ2n) is 6.68. The highest BCUT2D eigenvalue weighted by Crippen LogP contribution is 2.24. The smallest absolute Gasteiger partial charge is 0.224 e. The van der Waals surface area contributed by atoms with Crippen LogP contribution in [0.1, 0.15) is 25.1 Å². The van der Waals surface area contributed by atoms with Crippen LogP contribution in [0, 0.1) is 0 Å². The molecule has 0 bridgehead atoms. The SMILES string of the molecule is COc1ccc(-c2cc(CNC(=O)Cc3ccc(SC(C)C)cc3)no2)cc1. The highest BCUT2D eigenvalue weighted by Gasteiger charge is 2.09. The van der Waals surface area contributed by atoms with Gasteiger partial charge in [0.2, 0.25) is 5.91 Å². The summed E-state index contributed by atoms with van der Waals surface area (Å²) in [4.78, 5) is 13.4. The van der Waals surface area contributed by atoms with Crippen LogP contribution < -0.4 is 10.1 Å². The molecule has 3 aromatic rings. The van der Waals surface area contributed by atoms with Crippen LogP contribution in [-0.2, 0) is 17.8 Å². The highest BCUT2D eigenvalue weighted by atomic mass is 32.2. The fraction of sp³-hybridized carbons (Fsp3) is 0.273. The van der Waals surface area contributed by atoms with E-state index in [2.05, 4.69) is 36.5 Å². The molecule has 0 radical (unpaired) electrons. The molecule has 28 heavy (non-hydrogen) atoms. The van der Waals surface area contributed by atoms with E-state index in [1.54, 1.807) is 7.11 Å². The molecule has 0 fully saturated rings. The largest absolute Gasteiger partial charge is 0.497 e. The number of rotatable bonds is 8. The summed E-state index contributed by atoms with van der Waals surface area (Å²) in [7, 11) is 1.63. The molecule has 0 saturated carbocycles. The van der Waals surface area contributed by atoms with Crippen molar-refractivity contribution in [2.24, 2.45) is 0 Å². The number of carbonyl (C=O) groups is 1. The van der Waals surface area contributed by atoms with Crippen LogP contribution in [0.25, 0.3) is 11.3 Å². The molecule has 0 spiro atoms. The van der Waals surface area contributed by atoms with Gasteiger partial charge in [-0.3, -0.25) is 4.79 Å². The molecule has 0 saturated heterocycles. The lowest BCUT2D eigenvalue weighted by Gasteiger charge is -2.06. The molecule has 0 unspecified atom stereocenters. The van der Waals surface area contributed by atoms with E-state index >= 15 is 0 Å². The van der Waals surface area contributed by atoms with Crippen LogP contribution in [0.4, 0.5) is 0 Å². The van der Waals surface area contributed by atoms with E-state index in [1.807, 2.05) is 54.2 Å². The van der Waals surface area contributed by atoms with Crippen LogP contribution in [0.3, 0.4) is 0 Å². The van der Waals surface area contributed by atoms with Gasteiger partial charge in [-0.1, -0.05) is 31.1 Å². The molecule has 1 heterocycles. The summed E-state index contributed by atoms with van der Waals surface area (Å²) >= 11 is 1.81. The van der Waals surface area contributed by atoms with Crippen molar-refractivity contribution in [2.45, 2.75) is 37.0 Å². The second kappa shape index (κ2) is 9.46. The maximum absolute atomic E-state index is 12.2. The van der Waals surface area contributed by atoms with Crippen molar-refractivity contribution in [3.63, 3.8) is 0 Å². The van der Waals surface area contributed by atoms with Crippen molar-refractivity contribution in [3.05, 3.63) is 65.9 Å². The molecule has 6 heteroatoms. The number of benzene rings is 2. The van der Waals surface area contributed by atoms with Crippen LogP contribution >= 0.6 is 11.8 Å². The third-order valence-electron chi connectivity index (χ3n) is 4.06. The molecule has 2 aromatic carbocycles. The van der Waals surface area contributed by atoms with Crippen LogP contribution in [-0.4, -0.2) is 23.4 Å². The van der Waals surface area contributed by atoms with Gasteiger partial charge in [-0.15, -0.1) is 11.8 Å². The van der Waals surface area contributed by atoms with Crippen LogP contribution in [0.2, 0.25) is 0 Å². The Morgan fingerprint density at radius 2 is 1.86 bits per heavy atom. The quantitative estimate of drug-likeness (QED) is 0.559. The number of nitrogens with zero attached hydrogens (tertiary/aromatic N) is 1. The maximum atomic E-state index is 12.2. The van der Waals surface area contributed by atoms with Gasteiger partial charge in [0.1, 0.15) is 11.4 Å². The minimum absolute atomic E-state index is 0.0433. The predicted molar refractivity (Wildman–Crippen MR) is 111 cm³/mol. The molecule has 1 amide bonds. The first-order chi connectivity index (χ1) is 13.5. The Morgan fingerprint density at radius 3 is 2.50 bits per heavy atom. The Hall–Kier alpha value is -2.73. The lowest BCUT2D eigenvalue weighted by molar-refractivity contribution is -0.120. The summed E-state index contributed by atoms with van der Waals surface area (Å²) in [6, 6.07) is 17.5. The standard InChI is InChI=1S/C22H24N2O3S/c1-15(2)28-20-10-4-16(5-11-20)12-22(25)23-14-18-13-21(27-24-18)17-6-8-19(26-3)9-7-17/h4-11,13,15H,12,14H2,1-3H3,(H,23,25). The van der Waals surface area contributed by atoms with E-state index in [4.69, 9.17) is 9.26 Å². The van der Waals surface area contributed by atoms with Crippen LogP contribution in [0.15, 0.2) is 64.0 Å². The van der Waals surface area contributed by atoms with Gasteiger partial charge >= 0.3 is 0 Å². The summed E-state index contributed by atoms with van der Waals surface area (Å²) in [5.41, 5.74) is 2.58. The van der Waals surface area contributed by atoms with Crippen molar-refractivity contribution >= 4 is 17.7 Å². The van der Waals surface area contributed by atoms with E-state index in [0.29, 0.717) is 29.7 Å². The number of hydrogen-bond acceptors (Lipinski definition) is 5. The van der Waals surface area contributed by atoms with E-state index < -0.39 is 0 Å². The summed E-state index contributed by atoms with van der Waals surface area (Å²) in [6.45, 7) is 4.66. The van der Waals surface area contributed by atoms with Gasteiger partial charge in [-0.2, -0.15) is 0 Å². The fourth-order valence-electron chi connectivity index (χ4n) is 2.68. The van der Waals surface area contributed by atoms with Crippen molar-refractivity contribution in [3.8, 4) is 17.1 Å². The minimum atomic E-state index is -0.0433. The normalized spacial score (nSPS) is 10.9. The number of methoxy groups -OCH3 is 1. The first kappa shape index (κ1) is 20.0. The Kier molecular flexibility index (Phi) is 6.76. The predicted octanol–water partition coefficient (Wildman–Crippen LogP) is 4.71. The lowest BCUT2D eigenvalue weighted by Crippen LogP contribution is -2.24. The molecular formula is C22H24N2O3S. The number of amides is 1. The molecule has 0 atom stereocenters. The molecule has 0 aliphatic heterocycles. The summed E-state index contributed by atoms with van der Waals surface area (Å²) in [5, 5.41) is 7.46. The van der Waals surface area contributed by atoms with Crippen molar-refractivity contribution in [1.29, 1.82) is 0 Å². The number of carbonyl (C=O) groups excluding carboxylic acids is 1. The number of nitrogens with one attached hydrogen (secondary N) is 1. The average molecular weight is 397 g/mol. The van der Waals surface area contributed by atoms with Gasteiger partial charge in [0.05, 0.1) is 20.1 Å². The van der Waals surface area contributed by atoms with Gasteiger partial charge < -0.3 is 14.6 Å². The van der Waals surface area contributed by atoms with Gasteiger partial charge in [-0.25, -0.2) is 0 Å². The first-order valence-corrected chi connectivity index (χ1v) is 10.0. The van der Waals surface area contributed by atoms with E-state index in [0.717, 1.165) is 16.9 Å². The third-order valence-corrected chi connectivity index (χ3v) is 5.08. The minimum Gasteiger partial charge on any atom is -0.497 e. The van der Waals surface area contributed by atoms with Gasteiger partial charge in [0.25, 0.3) is 0 Å². The van der Waals surface area contributed by atoms with Crippen molar-refractivity contribution < 1.29 is 14.1 Å². The number of thioether (sulfide) groups is 1. The molecule has 1 N–H and O–H groups in total. The zero-order valence-electron chi connectivity index (χ0n) is 16.3. The summed E-state index contributed by atoms with van der Waals surface area (Å²) < 4.78 is 10.5. The average Bonchev–Trinajstić information content (AvgIpc) is 3.17. The molecule has 0 aliphatic carbocycles. The lowest BCUT2D eigenvalue weighted by atomic mass is 10.1. The fourth-order valence-corrected chi connectivity index (χ4v) is 3.52. The molecule has 0 aliphatic rings. The molecule has 3 rings (SSSR count). The number of ether oxygens (including phenoxy) is 1. The zero-order chi connectivity index (χ0) is 19.9. The molecule has 5 nitrogen and oxygen atoms in total. The van der Waals surface area contributed by atoms with E-state index in [-0.39, 0.29) is 5.91 Å². The molecular weight excluding hydrogens is 372 g/mol.